The Morgan fingerprint density at radius 1 is 1.42 bits per heavy atom. The number of carbonyl (C=O) groups is 1. The van der Waals surface area contributed by atoms with Gasteiger partial charge in [0.2, 0.25) is 0 Å². The van der Waals surface area contributed by atoms with Gasteiger partial charge in [0.25, 0.3) is 5.91 Å². The molecule has 1 amide bonds. The summed E-state index contributed by atoms with van der Waals surface area (Å²) < 4.78 is 0.823. The third-order valence-corrected chi connectivity index (χ3v) is 3.97. The second-order valence-electron chi connectivity index (χ2n) is 5.05. The average Bonchev–Trinajstić information content (AvgIpc) is 2.45. The molecule has 0 saturated carbocycles. The zero-order valence-corrected chi connectivity index (χ0v) is 12.8. The van der Waals surface area contributed by atoms with Crippen LogP contribution in [0.3, 0.4) is 0 Å². The Kier molecular flexibility index (Phi) is 5.34. The molecule has 1 aromatic rings. The van der Waals surface area contributed by atoms with Crippen LogP contribution in [0, 0.1) is 0 Å². The normalized spacial score (nSPS) is 18.0. The Hall–Kier alpha value is -0.940. The highest BCUT2D eigenvalue weighted by Gasteiger charge is 2.17. The van der Waals surface area contributed by atoms with Gasteiger partial charge >= 0.3 is 0 Å². The van der Waals surface area contributed by atoms with Crippen molar-refractivity contribution in [2.75, 3.05) is 19.6 Å². The van der Waals surface area contributed by atoms with Crippen molar-refractivity contribution < 1.29 is 4.79 Å². The molecule has 0 bridgehead atoms. The predicted octanol–water partition coefficient (Wildman–Crippen LogP) is 2.45. The molecule has 1 saturated heterocycles. The van der Waals surface area contributed by atoms with Crippen LogP contribution in [0.25, 0.3) is 0 Å². The van der Waals surface area contributed by atoms with Crippen molar-refractivity contribution in [3.63, 3.8) is 0 Å². The third kappa shape index (κ3) is 4.28. The predicted molar refractivity (Wildman–Crippen MR) is 79.2 cm³/mol. The lowest BCUT2D eigenvalue weighted by Gasteiger charge is -2.32. The smallest absolute Gasteiger partial charge is 0.252 e. The van der Waals surface area contributed by atoms with E-state index in [-0.39, 0.29) is 5.91 Å². The van der Waals surface area contributed by atoms with Gasteiger partial charge in [0.05, 0.1) is 5.56 Å². The fraction of sp³-hybridized carbons (Fsp3) is 0.571. The summed E-state index contributed by atoms with van der Waals surface area (Å²) in [6.07, 6.45) is 7.14. The molecule has 4 nitrogen and oxygen atoms in total. The summed E-state index contributed by atoms with van der Waals surface area (Å²) in [5.74, 6) is -0.0577. The van der Waals surface area contributed by atoms with Gasteiger partial charge in [-0.3, -0.25) is 14.7 Å². The molecule has 104 valence electrons. The first kappa shape index (κ1) is 14.5. The second kappa shape index (κ2) is 7.01. The molecule has 5 heteroatoms. The van der Waals surface area contributed by atoms with E-state index in [9.17, 15) is 4.79 Å². The van der Waals surface area contributed by atoms with Gasteiger partial charge in [0.1, 0.15) is 0 Å². The van der Waals surface area contributed by atoms with Crippen LogP contribution in [-0.2, 0) is 0 Å². The van der Waals surface area contributed by atoms with Crippen LogP contribution >= 0.6 is 15.9 Å². The van der Waals surface area contributed by atoms with Crippen molar-refractivity contribution in [2.45, 2.75) is 32.2 Å². The summed E-state index contributed by atoms with van der Waals surface area (Å²) in [5, 5.41) is 2.98. The topological polar surface area (TPSA) is 45.2 Å². The molecule has 1 N–H and O–H groups in total. The highest BCUT2D eigenvalue weighted by molar-refractivity contribution is 9.10. The number of amides is 1. The van der Waals surface area contributed by atoms with Crippen LogP contribution < -0.4 is 5.32 Å². The average molecular weight is 326 g/mol. The van der Waals surface area contributed by atoms with Gasteiger partial charge in [0, 0.05) is 29.5 Å². The SMILES string of the molecule is CC(CNC(=O)c1cncc(Br)c1)N1CCCCC1. The Labute approximate surface area is 122 Å². The van der Waals surface area contributed by atoms with Crippen molar-refractivity contribution in [3.05, 3.63) is 28.5 Å². The maximum Gasteiger partial charge on any atom is 0.252 e. The standard InChI is InChI=1S/C14H20BrN3O/c1-11(18-5-3-2-4-6-18)8-17-14(19)12-7-13(15)10-16-9-12/h7,9-11H,2-6,8H2,1H3,(H,17,19). The van der Waals surface area contributed by atoms with Crippen molar-refractivity contribution in [1.29, 1.82) is 0 Å². The highest BCUT2D eigenvalue weighted by atomic mass is 79.9. The monoisotopic (exact) mass is 325 g/mol. The number of likely N-dealkylation sites (tertiary alicyclic amines) is 1. The minimum atomic E-state index is -0.0577. The maximum atomic E-state index is 12.0. The van der Waals surface area contributed by atoms with E-state index in [0.717, 1.165) is 17.6 Å². The van der Waals surface area contributed by atoms with Crippen LogP contribution in [0.15, 0.2) is 22.9 Å². The summed E-state index contributed by atoms with van der Waals surface area (Å²) in [7, 11) is 0. The molecule has 0 aliphatic carbocycles. The Morgan fingerprint density at radius 3 is 2.84 bits per heavy atom. The van der Waals surface area contributed by atoms with Crippen LogP contribution in [0.5, 0.6) is 0 Å². The molecule has 2 rings (SSSR count). The van der Waals surface area contributed by atoms with E-state index < -0.39 is 0 Å². The van der Waals surface area contributed by atoms with E-state index in [2.05, 4.69) is 38.1 Å². The highest BCUT2D eigenvalue weighted by Crippen LogP contribution is 2.12. The molecule has 1 aliphatic heterocycles. The van der Waals surface area contributed by atoms with E-state index in [4.69, 9.17) is 0 Å². The van der Waals surface area contributed by atoms with Gasteiger partial charge in [-0.25, -0.2) is 0 Å². The largest absolute Gasteiger partial charge is 0.350 e. The van der Waals surface area contributed by atoms with Crippen molar-refractivity contribution >= 4 is 21.8 Å². The summed E-state index contributed by atoms with van der Waals surface area (Å²) >= 11 is 3.32. The Morgan fingerprint density at radius 2 is 2.16 bits per heavy atom. The first-order valence-corrected chi connectivity index (χ1v) is 7.59. The molecule has 1 aliphatic rings. The van der Waals surface area contributed by atoms with Crippen molar-refractivity contribution in [2.24, 2.45) is 0 Å². The number of pyridine rings is 1. The zero-order valence-electron chi connectivity index (χ0n) is 11.2. The first-order chi connectivity index (χ1) is 9.16. The number of piperidine rings is 1. The molecule has 1 atom stereocenters. The van der Waals surface area contributed by atoms with Crippen LogP contribution in [0.1, 0.15) is 36.5 Å². The summed E-state index contributed by atoms with van der Waals surface area (Å²) in [5.41, 5.74) is 0.597. The number of nitrogens with zero attached hydrogens (tertiary/aromatic N) is 2. The number of nitrogens with one attached hydrogen (secondary N) is 1. The van der Waals surface area contributed by atoms with Gasteiger partial charge in [-0.05, 0) is 54.9 Å². The van der Waals surface area contributed by atoms with Gasteiger partial charge < -0.3 is 5.32 Å². The number of rotatable bonds is 4. The van der Waals surface area contributed by atoms with E-state index in [0.29, 0.717) is 18.2 Å². The molecule has 0 aromatic carbocycles. The molecule has 2 heterocycles. The van der Waals surface area contributed by atoms with Gasteiger partial charge in [-0.1, -0.05) is 6.42 Å². The second-order valence-corrected chi connectivity index (χ2v) is 5.96. The Bertz CT molecular complexity index is 432. The molecule has 19 heavy (non-hydrogen) atoms. The van der Waals surface area contributed by atoms with Crippen LogP contribution in [-0.4, -0.2) is 41.5 Å². The minimum absolute atomic E-state index is 0.0577. The molecule has 1 unspecified atom stereocenters. The fourth-order valence-corrected chi connectivity index (χ4v) is 2.73. The quantitative estimate of drug-likeness (QED) is 0.924. The van der Waals surface area contributed by atoms with E-state index in [1.165, 1.54) is 19.3 Å². The molecular formula is C14H20BrN3O. The number of hydrogen-bond donors (Lipinski definition) is 1. The van der Waals surface area contributed by atoms with Gasteiger partial charge in [-0.2, -0.15) is 0 Å². The summed E-state index contributed by atoms with van der Waals surface area (Å²) in [4.78, 5) is 18.4. The number of aromatic nitrogens is 1. The van der Waals surface area contributed by atoms with Crippen molar-refractivity contribution in [3.8, 4) is 0 Å². The third-order valence-electron chi connectivity index (χ3n) is 3.54. The summed E-state index contributed by atoms with van der Waals surface area (Å²) in [6.45, 7) is 5.15. The van der Waals surface area contributed by atoms with Crippen molar-refractivity contribution in [1.82, 2.24) is 15.2 Å². The van der Waals surface area contributed by atoms with Crippen LogP contribution in [0.4, 0.5) is 0 Å². The Balaban J connectivity index is 1.82. The zero-order chi connectivity index (χ0) is 13.7. The number of hydrogen-bond acceptors (Lipinski definition) is 3. The lowest BCUT2D eigenvalue weighted by atomic mass is 10.1. The maximum absolute atomic E-state index is 12.0. The minimum Gasteiger partial charge on any atom is -0.350 e. The van der Waals surface area contributed by atoms with Gasteiger partial charge in [-0.15, -0.1) is 0 Å². The number of halogens is 1. The van der Waals surface area contributed by atoms with Crippen LogP contribution in [0.2, 0.25) is 0 Å². The fourth-order valence-electron chi connectivity index (χ4n) is 2.37. The van der Waals surface area contributed by atoms with E-state index in [1.807, 2.05) is 0 Å². The molecule has 0 spiro atoms. The van der Waals surface area contributed by atoms with Gasteiger partial charge in [0.15, 0.2) is 0 Å². The molecule has 1 aromatic heterocycles. The molecule has 0 radical (unpaired) electrons. The lowest BCUT2D eigenvalue weighted by molar-refractivity contribution is 0.0929. The molecular weight excluding hydrogens is 306 g/mol. The van der Waals surface area contributed by atoms with E-state index >= 15 is 0 Å². The number of carbonyl (C=O) groups excluding carboxylic acids is 1. The summed E-state index contributed by atoms with van der Waals surface area (Å²) in [6, 6.07) is 2.18. The molecule has 1 fully saturated rings. The first-order valence-electron chi connectivity index (χ1n) is 6.79. The van der Waals surface area contributed by atoms with E-state index in [1.54, 1.807) is 18.5 Å². The lowest BCUT2D eigenvalue weighted by Crippen LogP contribution is -2.44.